The number of halogens is 2. The molecule has 160 valence electrons. The van der Waals surface area contributed by atoms with E-state index < -0.39 is 41.3 Å². The minimum absolute atomic E-state index is 0.0188. The average Bonchev–Trinajstić information content (AvgIpc) is 2.63. The first-order chi connectivity index (χ1) is 13.9. The molecular formula is C21H22F2N2O5. The Hall–Kier alpha value is -3.49. The van der Waals surface area contributed by atoms with E-state index in [0.717, 1.165) is 12.1 Å². The highest BCUT2D eigenvalue weighted by Crippen LogP contribution is 2.16. The van der Waals surface area contributed by atoms with E-state index in [2.05, 4.69) is 10.6 Å². The van der Waals surface area contributed by atoms with Crippen molar-refractivity contribution < 1.29 is 32.6 Å². The van der Waals surface area contributed by atoms with E-state index in [0.29, 0.717) is 5.69 Å². The van der Waals surface area contributed by atoms with Gasteiger partial charge in [-0.3, -0.25) is 10.1 Å². The van der Waals surface area contributed by atoms with E-state index in [4.69, 9.17) is 9.47 Å². The number of nitrogens with one attached hydrogen (secondary N) is 2. The molecule has 2 amide bonds. The predicted octanol–water partition coefficient (Wildman–Crippen LogP) is 4.50. The summed E-state index contributed by atoms with van der Waals surface area (Å²) >= 11 is 0. The third kappa shape index (κ3) is 6.84. The zero-order chi connectivity index (χ0) is 22.5. The number of amides is 2. The van der Waals surface area contributed by atoms with Crippen LogP contribution in [-0.2, 0) is 14.3 Å². The summed E-state index contributed by atoms with van der Waals surface area (Å²) in [5, 5.41) is 4.83. The van der Waals surface area contributed by atoms with Crippen LogP contribution in [0.3, 0.4) is 0 Å². The van der Waals surface area contributed by atoms with Crippen molar-refractivity contribution in [1.29, 1.82) is 0 Å². The van der Waals surface area contributed by atoms with Crippen molar-refractivity contribution in [3.63, 3.8) is 0 Å². The van der Waals surface area contributed by atoms with E-state index in [9.17, 15) is 23.2 Å². The molecular weight excluding hydrogens is 398 g/mol. The molecule has 2 aromatic rings. The molecule has 1 atom stereocenters. The van der Waals surface area contributed by atoms with E-state index >= 15 is 0 Å². The first kappa shape index (κ1) is 22.8. The second-order valence-corrected chi connectivity index (χ2v) is 7.37. The van der Waals surface area contributed by atoms with Crippen LogP contribution in [0, 0.1) is 11.6 Å². The third-order valence-corrected chi connectivity index (χ3v) is 3.58. The van der Waals surface area contributed by atoms with Crippen molar-refractivity contribution >= 4 is 29.3 Å². The van der Waals surface area contributed by atoms with Crippen molar-refractivity contribution in [1.82, 2.24) is 0 Å². The smallest absolute Gasteiger partial charge is 0.412 e. The van der Waals surface area contributed by atoms with Crippen LogP contribution in [0.2, 0.25) is 0 Å². The predicted molar refractivity (Wildman–Crippen MR) is 106 cm³/mol. The number of ether oxygens (including phenoxy) is 2. The van der Waals surface area contributed by atoms with Crippen LogP contribution >= 0.6 is 0 Å². The fourth-order valence-electron chi connectivity index (χ4n) is 2.25. The number of hydrogen-bond acceptors (Lipinski definition) is 5. The third-order valence-electron chi connectivity index (χ3n) is 3.58. The fraction of sp³-hybridized carbons (Fsp3) is 0.286. The highest BCUT2D eigenvalue weighted by atomic mass is 19.2. The summed E-state index contributed by atoms with van der Waals surface area (Å²) in [5.74, 6) is -3.70. The number of hydrogen-bond donors (Lipinski definition) is 2. The molecule has 2 N–H and O–H groups in total. The second kappa shape index (κ2) is 9.34. The Balaban J connectivity index is 1.98. The quantitative estimate of drug-likeness (QED) is 0.695. The van der Waals surface area contributed by atoms with Gasteiger partial charge in [0.1, 0.15) is 5.60 Å². The lowest BCUT2D eigenvalue weighted by atomic mass is 10.2. The summed E-state index contributed by atoms with van der Waals surface area (Å²) in [6, 6.07) is 8.75. The molecule has 0 aliphatic heterocycles. The van der Waals surface area contributed by atoms with Gasteiger partial charge >= 0.3 is 12.1 Å². The molecule has 0 spiro atoms. The van der Waals surface area contributed by atoms with Crippen LogP contribution in [0.15, 0.2) is 42.5 Å². The van der Waals surface area contributed by atoms with Gasteiger partial charge in [0.2, 0.25) is 0 Å². The molecule has 2 aromatic carbocycles. The molecule has 0 unspecified atom stereocenters. The Bertz CT molecular complexity index is 957. The van der Waals surface area contributed by atoms with Gasteiger partial charge in [-0.2, -0.15) is 0 Å². The lowest BCUT2D eigenvalue weighted by molar-refractivity contribution is -0.123. The maximum Gasteiger partial charge on any atom is 0.412 e. The van der Waals surface area contributed by atoms with Gasteiger partial charge < -0.3 is 14.8 Å². The largest absolute Gasteiger partial charge is 0.449 e. The van der Waals surface area contributed by atoms with Gasteiger partial charge in [-0.1, -0.05) is 6.07 Å². The van der Waals surface area contributed by atoms with Crippen molar-refractivity contribution in [3.05, 3.63) is 59.7 Å². The monoisotopic (exact) mass is 420 g/mol. The van der Waals surface area contributed by atoms with Gasteiger partial charge in [0.05, 0.1) is 5.56 Å². The number of carbonyl (C=O) groups is 3. The lowest BCUT2D eigenvalue weighted by Gasteiger charge is -2.19. The van der Waals surface area contributed by atoms with Crippen molar-refractivity contribution in [2.24, 2.45) is 0 Å². The van der Waals surface area contributed by atoms with Crippen LogP contribution in [0.4, 0.5) is 25.0 Å². The Morgan fingerprint density at radius 1 is 0.933 bits per heavy atom. The maximum atomic E-state index is 13.2. The number of anilines is 2. The summed E-state index contributed by atoms with van der Waals surface area (Å²) in [6.07, 6.45) is -1.90. The Morgan fingerprint density at radius 3 is 2.23 bits per heavy atom. The van der Waals surface area contributed by atoms with Crippen LogP contribution in [0.25, 0.3) is 0 Å². The van der Waals surface area contributed by atoms with E-state index in [-0.39, 0.29) is 11.3 Å². The number of esters is 1. The summed E-state index contributed by atoms with van der Waals surface area (Å²) in [6.45, 7) is 6.48. The molecule has 0 fully saturated rings. The SMILES string of the molecule is C[C@H](OC(=O)c1cccc(NC(=O)OC(C)(C)C)c1)C(=O)Nc1ccc(F)c(F)c1. The lowest BCUT2D eigenvalue weighted by Crippen LogP contribution is -2.30. The summed E-state index contributed by atoms with van der Waals surface area (Å²) in [7, 11) is 0. The minimum Gasteiger partial charge on any atom is -0.449 e. The standard InChI is InChI=1S/C21H22F2N2O5/c1-12(18(26)24-15-8-9-16(22)17(23)11-15)29-19(27)13-6-5-7-14(10-13)25-20(28)30-21(2,3)4/h5-12H,1-4H3,(H,24,26)(H,25,28)/t12-/m0/s1. The fourth-order valence-corrected chi connectivity index (χ4v) is 2.25. The van der Waals surface area contributed by atoms with Crippen molar-refractivity contribution in [2.45, 2.75) is 39.4 Å². The van der Waals surface area contributed by atoms with Gasteiger partial charge in [-0.15, -0.1) is 0 Å². The first-order valence-corrected chi connectivity index (χ1v) is 9.01. The highest BCUT2D eigenvalue weighted by Gasteiger charge is 2.21. The molecule has 7 nitrogen and oxygen atoms in total. The van der Waals surface area contributed by atoms with E-state index in [1.807, 2.05) is 0 Å². The zero-order valence-corrected chi connectivity index (χ0v) is 16.9. The molecule has 0 aliphatic carbocycles. The zero-order valence-electron chi connectivity index (χ0n) is 16.9. The molecule has 9 heteroatoms. The van der Waals surface area contributed by atoms with Gasteiger partial charge in [0, 0.05) is 17.4 Å². The number of benzene rings is 2. The highest BCUT2D eigenvalue weighted by molar-refractivity contribution is 5.98. The topological polar surface area (TPSA) is 93.7 Å². The van der Waals surface area contributed by atoms with Crippen LogP contribution in [-0.4, -0.2) is 29.7 Å². The van der Waals surface area contributed by atoms with Gasteiger partial charge in [-0.05, 0) is 58.0 Å². The average molecular weight is 420 g/mol. The first-order valence-electron chi connectivity index (χ1n) is 9.01. The second-order valence-electron chi connectivity index (χ2n) is 7.37. The van der Waals surface area contributed by atoms with Gasteiger partial charge in [-0.25, -0.2) is 18.4 Å². The molecule has 0 aliphatic rings. The number of rotatable bonds is 5. The maximum absolute atomic E-state index is 13.2. The number of carbonyl (C=O) groups excluding carboxylic acids is 3. The molecule has 0 bridgehead atoms. The Morgan fingerprint density at radius 2 is 1.60 bits per heavy atom. The van der Waals surface area contributed by atoms with Crippen LogP contribution in [0.5, 0.6) is 0 Å². The Kier molecular flexibility index (Phi) is 7.10. The van der Waals surface area contributed by atoms with Gasteiger partial charge in [0.15, 0.2) is 17.7 Å². The molecule has 30 heavy (non-hydrogen) atoms. The molecule has 0 aromatic heterocycles. The summed E-state index contributed by atoms with van der Waals surface area (Å²) in [4.78, 5) is 36.3. The molecule has 0 saturated heterocycles. The Labute approximate surface area is 172 Å². The normalized spacial score (nSPS) is 11.9. The summed E-state index contributed by atoms with van der Waals surface area (Å²) in [5.41, 5.74) is -0.268. The molecule has 0 saturated carbocycles. The van der Waals surface area contributed by atoms with Crippen molar-refractivity contribution in [3.8, 4) is 0 Å². The van der Waals surface area contributed by atoms with Crippen LogP contribution in [0.1, 0.15) is 38.1 Å². The minimum atomic E-state index is -1.21. The molecule has 0 heterocycles. The van der Waals surface area contributed by atoms with E-state index in [1.165, 1.54) is 31.2 Å². The van der Waals surface area contributed by atoms with E-state index in [1.54, 1.807) is 26.8 Å². The van der Waals surface area contributed by atoms with Crippen molar-refractivity contribution in [2.75, 3.05) is 10.6 Å². The van der Waals surface area contributed by atoms with Gasteiger partial charge in [0.25, 0.3) is 5.91 Å². The van der Waals surface area contributed by atoms with Crippen LogP contribution < -0.4 is 10.6 Å². The molecule has 0 radical (unpaired) electrons. The summed E-state index contributed by atoms with van der Waals surface area (Å²) < 4.78 is 36.4. The molecule has 2 rings (SSSR count).